The third kappa shape index (κ3) is 3.17. The third-order valence-corrected chi connectivity index (χ3v) is 3.91. The zero-order valence-corrected chi connectivity index (χ0v) is 12.9. The van der Waals surface area contributed by atoms with Crippen LogP contribution < -0.4 is 5.32 Å². The number of rotatable bonds is 6. The molecule has 3 aromatic rings. The molecule has 8 heteroatoms. The van der Waals surface area contributed by atoms with Gasteiger partial charge in [-0.25, -0.2) is 0 Å². The summed E-state index contributed by atoms with van der Waals surface area (Å²) in [4.78, 5) is 16.5. The van der Waals surface area contributed by atoms with Crippen LogP contribution >= 0.6 is 0 Å². The molecule has 1 fully saturated rings. The van der Waals surface area contributed by atoms with Gasteiger partial charge in [0.25, 0.3) is 5.91 Å². The summed E-state index contributed by atoms with van der Waals surface area (Å²) >= 11 is 0. The lowest BCUT2D eigenvalue weighted by atomic mass is 10.1. The topological polar surface area (TPSA) is 110 Å². The van der Waals surface area contributed by atoms with Crippen molar-refractivity contribution in [2.24, 2.45) is 0 Å². The van der Waals surface area contributed by atoms with Crippen molar-refractivity contribution in [1.29, 1.82) is 0 Å². The van der Waals surface area contributed by atoms with E-state index in [-0.39, 0.29) is 5.91 Å². The van der Waals surface area contributed by atoms with Gasteiger partial charge in [-0.1, -0.05) is 17.3 Å². The van der Waals surface area contributed by atoms with Gasteiger partial charge in [-0.2, -0.15) is 20.4 Å². The second-order valence-corrected chi connectivity index (χ2v) is 5.78. The minimum Gasteiger partial charge on any atom is -0.352 e. The molecule has 122 valence electrons. The molecule has 1 aromatic carbocycles. The van der Waals surface area contributed by atoms with Crippen LogP contribution in [0.15, 0.2) is 35.0 Å². The van der Waals surface area contributed by atoms with Crippen LogP contribution in [-0.2, 0) is 6.42 Å². The number of nitrogens with zero attached hydrogens (tertiary/aromatic N) is 4. The number of aromatic nitrogens is 5. The van der Waals surface area contributed by atoms with Crippen LogP contribution in [0.25, 0.3) is 11.4 Å². The molecule has 0 bridgehead atoms. The van der Waals surface area contributed by atoms with Gasteiger partial charge in [-0.3, -0.25) is 4.79 Å². The number of carbonyl (C=O) groups is 1. The second kappa shape index (κ2) is 6.23. The lowest BCUT2D eigenvalue weighted by molar-refractivity contribution is 0.0954. The summed E-state index contributed by atoms with van der Waals surface area (Å²) in [7, 11) is 0. The van der Waals surface area contributed by atoms with Crippen LogP contribution in [0.1, 0.15) is 40.7 Å². The Morgan fingerprint density at radius 2 is 2.12 bits per heavy atom. The molecule has 2 N–H and O–H groups in total. The van der Waals surface area contributed by atoms with Crippen molar-refractivity contribution in [1.82, 2.24) is 30.9 Å². The molecule has 0 spiro atoms. The quantitative estimate of drug-likeness (QED) is 0.714. The number of carbonyl (C=O) groups excluding carboxylic acids is 1. The SMILES string of the molecule is O=C(NCCc1cn[nH]n1)c1ccc(-c2noc(C3CC3)n2)cc1. The molecule has 0 saturated heterocycles. The minimum atomic E-state index is -0.128. The molecule has 1 aliphatic carbocycles. The number of benzene rings is 1. The number of hydrogen-bond acceptors (Lipinski definition) is 6. The molecular weight excluding hydrogens is 308 g/mol. The van der Waals surface area contributed by atoms with E-state index in [1.807, 2.05) is 12.1 Å². The number of aromatic amines is 1. The van der Waals surface area contributed by atoms with Gasteiger partial charge < -0.3 is 9.84 Å². The van der Waals surface area contributed by atoms with E-state index in [0.717, 1.165) is 24.1 Å². The summed E-state index contributed by atoms with van der Waals surface area (Å²) in [5, 5.41) is 17.1. The summed E-state index contributed by atoms with van der Waals surface area (Å²) in [5.41, 5.74) is 2.24. The fourth-order valence-electron chi connectivity index (χ4n) is 2.37. The Labute approximate surface area is 137 Å². The number of hydrogen-bond donors (Lipinski definition) is 2. The summed E-state index contributed by atoms with van der Waals surface area (Å²) in [6.07, 6.45) is 4.51. The van der Waals surface area contributed by atoms with Gasteiger partial charge in [0.05, 0.1) is 11.9 Å². The second-order valence-electron chi connectivity index (χ2n) is 5.78. The van der Waals surface area contributed by atoms with E-state index in [1.165, 1.54) is 0 Å². The molecule has 0 aliphatic heterocycles. The maximum atomic E-state index is 12.1. The first-order chi connectivity index (χ1) is 11.8. The summed E-state index contributed by atoms with van der Waals surface area (Å²) in [6, 6.07) is 7.17. The van der Waals surface area contributed by atoms with E-state index in [0.29, 0.717) is 36.2 Å². The molecule has 1 amide bonds. The van der Waals surface area contributed by atoms with Crippen LogP contribution in [0.5, 0.6) is 0 Å². The Morgan fingerprint density at radius 1 is 1.29 bits per heavy atom. The highest BCUT2D eigenvalue weighted by Gasteiger charge is 2.29. The number of H-pyrrole nitrogens is 1. The fraction of sp³-hybridized carbons (Fsp3) is 0.312. The van der Waals surface area contributed by atoms with Crippen LogP contribution in [-0.4, -0.2) is 38.0 Å². The predicted octanol–water partition coefficient (Wildman–Crippen LogP) is 1.70. The molecule has 1 aliphatic rings. The molecular formula is C16H16N6O2. The molecule has 0 radical (unpaired) electrons. The van der Waals surface area contributed by atoms with E-state index < -0.39 is 0 Å². The van der Waals surface area contributed by atoms with Gasteiger partial charge >= 0.3 is 0 Å². The average Bonchev–Trinajstić information content (AvgIpc) is 3.12. The van der Waals surface area contributed by atoms with Crippen LogP contribution in [0.3, 0.4) is 0 Å². The molecule has 24 heavy (non-hydrogen) atoms. The molecule has 2 aromatic heterocycles. The van der Waals surface area contributed by atoms with Crippen LogP contribution in [0.2, 0.25) is 0 Å². The van der Waals surface area contributed by atoms with Gasteiger partial charge in [0, 0.05) is 30.0 Å². The molecule has 1 saturated carbocycles. The largest absolute Gasteiger partial charge is 0.352 e. The van der Waals surface area contributed by atoms with E-state index >= 15 is 0 Å². The van der Waals surface area contributed by atoms with Crippen molar-refractivity contribution in [3.63, 3.8) is 0 Å². The summed E-state index contributed by atoms with van der Waals surface area (Å²) < 4.78 is 5.26. The third-order valence-electron chi connectivity index (χ3n) is 3.91. The van der Waals surface area contributed by atoms with Crippen molar-refractivity contribution >= 4 is 5.91 Å². The van der Waals surface area contributed by atoms with E-state index in [4.69, 9.17) is 4.52 Å². The van der Waals surface area contributed by atoms with Crippen LogP contribution in [0.4, 0.5) is 0 Å². The Kier molecular flexibility index (Phi) is 3.78. The highest BCUT2D eigenvalue weighted by molar-refractivity contribution is 5.94. The van der Waals surface area contributed by atoms with Crippen molar-refractivity contribution in [2.75, 3.05) is 6.54 Å². The van der Waals surface area contributed by atoms with Crippen molar-refractivity contribution in [2.45, 2.75) is 25.2 Å². The lowest BCUT2D eigenvalue weighted by Gasteiger charge is -2.04. The zero-order chi connectivity index (χ0) is 16.4. The fourth-order valence-corrected chi connectivity index (χ4v) is 2.37. The summed E-state index contributed by atoms with van der Waals surface area (Å²) in [5.74, 6) is 1.58. The maximum absolute atomic E-state index is 12.1. The molecule has 0 atom stereocenters. The normalized spacial score (nSPS) is 13.8. The van der Waals surface area contributed by atoms with Gasteiger partial charge in [0.2, 0.25) is 11.7 Å². The van der Waals surface area contributed by atoms with Gasteiger partial charge in [0.1, 0.15) is 0 Å². The number of nitrogens with one attached hydrogen (secondary N) is 2. The molecule has 4 rings (SSSR count). The van der Waals surface area contributed by atoms with Crippen molar-refractivity contribution in [3.8, 4) is 11.4 Å². The molecule has 8 nitrogen and oxygen atoms in total. The predicted molar refractivity (Wildman–Crippen MR) is 84.1 cm³/mol. The van der Waals surface area contributed by atoms with Gasteiger partial charge in [-0.15, -0.1) is 0 Å². The Hall–Kier alpha value is -3.03. The molecule has 2 heterocycles. The maximum Gasteiger partial charge on any atom is 0.251 e. The molecule has 0 unspecified atom stereocenters. The number of amides is 1. The first-order valence-electron chi connectivity index (χ1n) is 7.86. The highest BCUT2D eigenvalue weighted by atomic mass is 16.5. The van der Waals surface area contributed by atoms with Gasteiger partial charge in [-0.05, 0) is 25.0 Å². The monoisotopic (exact) mass is 324 g/mol. The average molecular weight is 324 g/mol. The van der Waals surface area contributed by atoms with Crippen LogP contribution in [0, 0.1) is 0 Å². The van der Waals surface area contributed by atoms with Crippen molar-refractivity contribution < 1.29 is 9.32 Å². The first kappa shape index (κ1) is 14.6. The van der Waals surface area contributed by atoms with E-state index in [2.05, 4.69) is 30.9 Å². The first-order valence-corrected chi connectivity index (χ1v) is 7.86. The minimum absolute atomic E-state index is 0.128. The summed E-state index contributed by atoms with van der Waals surface area (Å²) in [6.45, 7) is 0.503. The van der Waals surface area contributed by atoms with E-state index in [1.54, 1.807) is 18.3 Å². The van der Waals surface area contributed by atoms with Gasteiger partial charge in [0.15, 0.2) is 0 Å². The lowest BCUT2D eigenvalue weighted by Crippen LogP contribution is -2.25. The zero-order valence-electron chi connectivity index (χ0n) is 12.9. The Balaban J connectivity index is 1.36. The Bertz CT molecular complexity index is 821. The standard InChI is InChI=1S/C16H16N6O2/c23-15(17-8-7-13-9-18-22-20-13)11-3-1-10(2-4-11)14-19-16(24-21-14)12-5-6-12/h1-4,9,12H,5-8H2,(H,17,23)(H,18,20,22). The Morgan fingerprint density at radius 3 is 2.83 bits per heavy atom. The smallest absolute Gasteiger partial charge is 0.251 e. The van der Waals surface area contributed by atoms with Crippen molar-refractivity contribution in [3.05, 3.63) is 47.6 Å². The highest BCUT2D eigenvalue weighted by Crippen LogP contribution is 2.39. The van der Waals surface area contributed by atoms with E-state index in [9.17, 15) is 4.79 Å².